The van der Waals surface area contributed by atoms with Crippen LogP contribution in [0.3, 0.4) is 0 Å². The fourth-order valence-corrected chi connectivity index (χ4v) is 3.84. The van der Waals surface area contributed by atoms with Gasteiger partial charge in [-0.15, -0.1) is 5.10 Å². The molecule has 0 atom stereocenters. The largest absolute Gasteiger partial charge is 0.506 e. The Hall–Kier alpha value is -2.51. The van der Waals surface area contributed by atoms with Crippen molar-refractivity contribution in [3.8, 4) is 23.0 Å². The molecule has 0 aliphatic rings. The summed E-state index contributed by atoms with van der Waals surface area (Å²) in [6.07, 6.45) is 1.59. The SMILES string of the molecule is Oc1c(Br)cc(-c2cnc(OCc3ccc4ccccc4c3)nn2)cc1Br. The Kier molecular flexibility index (Phi) is 5.05. The van der Waals surface area contributed by atoms with Gasteiger partial charge in [0.1, 0.15) is 18.1 Å². The summed E-state index contributed by atoms with van der Waals surface area (Å²) in [5.41, 5.74) is 2.38. The Balaban J connectivity index is 1.49. The molecular weight excluding hydrogens is 474 g/mol. The third-order valence-corrected chi connectivity index (χ3v) is 5.24. The maximum absolute atomic E-state index is 9.80. The van der Waals surface area contributed by atoms with Gasteiger partial charge in [-0.25, -0.2) is 4.98 Å². The number of aromatic nitrogens is 3. The van der Waals surface area contributed by atoms with Crippen molar-refractivity contribution in [2.75, 3.05) is 0 Å². The van der Waals surface area contributed by atoms with E-state index in [1.54, 1.807) is 18.3 Å². The quantitative estimate of drug-likeness (QED) is 0.412. The lowest BCUT2D eigenvalue weighted by atomic mass is 10.1. The van der Waals surface area contributed by atoms with Gasteiger partial charge in [-0.05, 0) is 66.4 Å². The van der Waals surface area contributed by atoms with Gasteiger partial charge in [-0.1, -0.05) is 41.5 Å². The summed E-state index contributed by atoms with van der Waals surface area (Å²) in [7, 11) is 0. The number of nitrogens with zero attached hydrogens (tertiary/aromatic N) is 3. The van der Waals surface area contributed by atoms with E-state index >= 15 is 0 Å². The van der Waals surface area contributed by atoms with Crippen LogP contribution in [-0.4, -0.2) is 20.3 Å². The number of fused-ring (bicyclic) bond motifs is 1. The minimum atomic E-state index is 0.134. The Bertz CT molecular complexity index is 1090. The second-order valence-corrected chi connectivity index (χ2v) is 7.59. The standard InChI is InChI=1S/C20H13Br2N3O2/c21-16-8-15(9-17(22)19(16)26)18-10-23-20(25-24-18)27-11-12-5-6-13-3-1-2-4-14(13)7-12/h1-10,26H,11H2. The van der Waals surface area contributed by atoms with Crippen molar-refractivity contribution in [2.45, 2.75) is 6.61 Å². The third kappa shape index (κ3) is 3.94. The van der Waals surface area contributed by atoms with E-state index < -0.39 is 0 Å². The molecule has 0 amide bonds. The van der Waals surface area contributed by atoms with E-state index in [0.717, 1.165) is 16.5 Å². The van der Waals surface area contributed by atoms with Gasteiger partial charge in [0.05, 0.1) is 15.1 Å². The lowest BCUT2D eigenvalue weighted by molar-refractivity contribution is 0.277. The highest BCUT2D eigenvalue weighted by Crippen LogP contribution is 2.36. The summed E-state index contributed by atoms with van der Waals surface area (Å²) in [6, 6.07) is 18.1. The lowest BCUT2D eigenvalue weighted by Gasteiger charge is -2.07. The first-order valence-corrected chi connectivity index (χ1v) is 9.67. The predicted octanol–water partition coefficient (Wildman–Crippen LogP) is 5.50. The van der Waals surface area contributed by atoms with Gasteiger partial charge in [-0.2, -0.15) is 0 Å². The van der Waals surface area contributed by atoms with Crippen LogP contribution >= 0.6 is 31.9 Å². The molecule has 4 aromatic rings. The van der Waals surface area contributed by atoms with E-state index in [-0.39, 0.29) is 11.8 Å². The van der Waals surface area contributed by atoms with E-state index in [2.05, 4.69) is 71.3 Å². The normalized spacial score (nSPS) is 10.9. The van der Waals surface area contributed by atoms with Crippen LogP contribution in [0.4, 0.5) is 0 Å². The number of ether oxygens (including phenoxy) is 1. The van der Waals surface area contributed by atoms with Crippen molar-refractivity contribution in [1.82, 2.24) is 15.2 Å². The fraction of sp³-hybridized carbons (Fsp3) is 0.0500. The molecule has 27 heavy (non-hydrogen) atoms. The van der Waals surface area contributed by atoms with E-state index in [9.17, 15) is 5.11 Å². The van der Waals surface area contributed by atoms with E-state index in [1.807, 2.05) is 18.2 Å². The first kappa shape index (κ1) is 17.9. The van der Waals surface area contributed by atoms with Crippen LogP contribution in [0.25, 0.3) is 22.0 Å². The minimum absolute atomic E-state index is 0.134. The minimum Gasteiger partial charge on any atom is -0.506 e. The van der Waals surface area contributed by atoms with Crippen molar-refractivity contribution in [1.29, 1.82) is 0 Å². The van der Waals surface area contributed by atoms with Crippen molar-refractivity contribution in [3.05, 3.63) is 75.3 Å². The zero-order chi connectivity index (χ0) is 18.8. The molecule has 0 saturated carbocycles. The first-order chi connectivity index (χ1) is 13.1. The summed E-state index contributed by atoms with van der Waals surface area (Å²) in [5, 5.41) is 20.4. The summed E-state index contributed by atoms with van der Waals surface area (Å²) in [5.74, 6) is 0.134. The number of rotatable bonds is 4. The molecule has 0 unspecified atom stereocenters. The van der Waals surface area contributed by atoms with Crippen molar-refractivity contribution in [3.63, 3.8) is 0 Å². The van der Waals surface area contributed by atoms with Crippen LogP contribution in [0.1, 0.15) is 5.56 Å². The molecule has 0 radical (unpaired) electrons. The predicted molar refractivity (Wildman–Crippen MR) is 111 cm³/mol. The smallest absolute Gasteiger partial charge is 0.336 e. The molecular formula is C20H13Br2N3O2. The Morgan fingerprint density at radius 2 is 1.63 bits per heavy atom. The number of hydrogen-bond donors (Lipinski definition) is 1. The zero-order valence-corrected chi connectivity index (χ0v) is 17.1. The molecule has 0 aliphatic heterocycles. The molecule has 7 heteroatoms. The molecule has 1 aromatic heterocycles. The fourth-order valence-electron chi connectivity index (χ4n) is 2.65. The molecule has 0 fully saturated rings. The van der Waals surface area contributed by atoms with Crippen molar-refractivity contribution >= 4 is 42.6 Å². The maximum Gasteiger partial charge on any atom is 0.336 e. The van der Waals surface area contributed by atoms with Crippen LogP contribution in [0.15, 0.2) is 69.7 Å². The van der Waals surface area contributed by atoms with E-state index in [0.29, 0.717) is 21.2 Å². The highest BCUT2D eigenvalue weighted by Gasteiger charge is 2.10. The van der Waals surface area contributed by atoms with Crippen LogP contribution in [0.2, 0.25) is 0 Å². The van der Waals surface area contributed by atoms with Gasteiger partial charge in [-0.3, -0.25) is 0 Å². The highest BCUT2D eigenvalue weighted by atomic mass is 79.9. The third-order valence-electron chi connectivity index (χ3n) is 4.04. The Morgan fingerprint density at radius 1 is 0.889 bits per heavy atom. The zero-order valence-electron chi connectivity index (χ0n) is 13.9. The number of halogens is 2. The number of hydrogen-bond acceptors (Lipinski definition) is 5. The van der Waals surface area contributed by atoms with Crippen molar-refractivity contribution < 1.29 is 9.84 Å². The number of phenols is 1. The van der Waals surface area contributed by atoms with Crippen LogP contribution in [0, 0.1) is 0 Å². The van der Waals surface area contributed by atoms with Gasteiger partial charge >= 0.3 is 6.01 Å². The Morgan fingerprint density at radius 3 is 2.33 bits per heavy atom. The van der Waals surface area contributed by atoms with Crippen LogP contribution < -0.4 is 4.74 Å². The van der Waals surface area contributed by atoms with Gasteiger partial charge in [0.25, 0.3) is 0 Å². The monoisotopic (exact) mass is 485 g/mol. The van der Waals surface area contributed by atoms with Gasteiger partial charge in [0.2, 0.25) is 0 Å². The molecule has 1 N–H and O–H groups in total. The second-order valence-electron chi connectivity index (χ2n) is 5.88. The average molecular weight is 487 g/mol. The highest BCUT2D eigenvalue weighted by molar-refractivity contribution is 9.11. The van der Waals surface area contributed by atoms with Gasteiger partial charge in [0.15, 0.2) is 0 Å². The summed E-state index contributed by atoms with van der Waals surface area (Å²) >= 11 is 6.61. The Labute approximate surface area is 172 Å². The van der Waals surface area contributed by atoms with Crippen LogP contribution in [-0.2, 0) is 6.61 Å². The lowest BCUT2D eigenvalue weighted by Crippen LogP contribution is -2.01. The number of aromatic hydroxyl groups is 1. The van der Waals surface area contributed by atoms with E-state index in [1.165, 1.54) is 5.39 Å². The maximum atomic E-state index is 9.80. The molecule has 3 aromatic carbocycles. The second kappa shape index (κ2) is 7.62. The van der Waals surface area contributed by atoms with Crippen LogP contribution in [0.5, 0.6) is 11.8 Å². The topological polar surface area (TPSA) is 68.1 Å². The molecule has 1 heterocycles. The summed E-state index contributed by atoms with van der Waals surface area (Å²) < 4.78 is 6.78. The molecule has 4 rings (SSSR count). The van der Waals surface area contributed by atoms with Gasteiger partial charge < -0.3 is 9.84 Å². The molecule has 0 bridgehead atoms. The molecule has 5 nitrogen and oxygen atoms in total. The molecule has 0 saturated heterocycles. The van der Waals surface area contributed by atoms with Crippen molar-refractivity contribution in [2.24, 2.45) is 0 Å². The molecule has 0 spiro atoms. The summed E-state index contributed by atoms with van der Waals surface area (Å²) in [6.45, 7) is 0.363. The number of phenolic OH excluding ortho intramolecular Hbond substituents is 1. The molecule has 134 valence electrons. The van der Waals surface area contributed by atoms with E-state index in [4.69, 9.17) is 4.74 Å². The summed E-state index contributed by atoms with van der Waals surface area (Å²) in [4.78, 5) is 4.23. The average Bonchev–Trinajstić information content (AvgIpc) is 2.70. The number of benzene rings is 3. The molecule has 0 aliphatic carbocycles. The first-order valence-electron chi connectivity index (χ1n) is 8.09. The van der Waals surface area contributed by atoms with Gasteiger partial charge in [0, 0.05) is 5.56 Å².